The van der Waals surface area contributed by atoms with Gasteiger partial charge in [-0.05, 0) is 12.1 Å². The molecule has 1 heterocycles. The van der Waals surface area contributed by atoms with Gasteiger partial charge in [-0.25, -0.2) is 16.8 Å². The van der Waals surface area contributed by atoms with Crippen LogP contribution in [0.5, 0.6) is 0 Å². The first-order chi connectivity index (χ1) is 7.66. The van der Waals surface area contributed by atoms with Crippen molar-refractivity contribution in [1.82, 2.24) is 4.98 Å². The first kappa shape index (κ1) is 13.6. The topological polar surface area (TPSA) is 109 Å². The van der Waals surface area contributed by atoms with E-state index in [-0.39, 0.29) is 0 Å². The third-order valence-electron chi connectivity index (χ3n) is 1.50. The molecule has 0 amide bonds. The second-order valence-electron chi connectivity index (χ2n) is 3.30. The standard InChI is InChI=1S/C8H11N3O4S2/c1-16(12,13)9-5-7-3-4-8(11-7)6-10-17(2,14)15/h3-6,11H,1-2H3/b9-5+,10-6+. The number of rotatable bonds is 4. The maximum Gasteiger partial charge on any atom is 0.250 e. The van der Waals surface area contributed by atoms with Crippen LogP contribution in [0.4, 0.5) is 0 Å². The highest BCUT2D eigenvalue weighted by molar-refractivity contribution is 7.89. The number of nitrogens with zero attached hydrogens (tertiary/aromatic N) is 2. The summed E-state index contributed by atoms with van der Waals surface area (Å²) in [5.41, 5.74) is 0.871. The molecule has 0 bridgehead atoms. The van der Waals surface area contributed by atoms with Gasteiger partial charge in [-0.1, -0.05) is 0 Å². The van der Waals surface area contributed by atoms with Crippen molar-refractivity contribution in [2.45, 2.75) is 0 Å². The summed E-state index contributed by atoms with van der Waals surface area (Å²) in [6.07, 6.45) is 4.21. The highest BCUT2D eigenvalue weighted by Gasteiger charge is 1.98. The quantitative estimate of drug-likeness (QED) is 0.767. The van der Waals surface area contributed by atoms with Gasteiger partial charge in [0, 0.05) is 0 Å². The zero-order chi connectivity index (χ0) is 13.1. The Labute approximate surface area is 99.4 Å². The summed E-state index contributed by atoms with van der Waals surface area (Å²) < 4.78 is 49.6. The van der Waals surface area contributed by atoms with Crippen molar-refractivity contribution in [3.05, 3.63) is 23.5 Å². The van der Waals surface area contributed by atoms with Crippen molar-refractivity contribution < 1.29 is 16.8 Å². The molecule has 7 nitrogen and oxygen atoms in total. The van der Waals surface area contributed by atoms with Crippen LogP contribution in [0.2, 0.25) is 0 Å². The molecule has 0 aliphatic carbocycles. The fourth-order valence-electron chi connectivity index (χ4n) is 0.885. The van der Waals surface area contributed by atoms with E-state index in [4.69, 9.17) is 0 Å². The van der Waals surface area contributed by atoms with Crippen LogP contribution < -0.4 is 0 Å². The highest BCUT2D eigenvalue weighted by Crippen LogP contribution is 1.99. The maximum atomic E-state index is 10.8. The molecule has 0 saturated carbocycles. The molecule has 1 aromatic rings. The summed E-state index contributed by atoms with van der Waals surface area (Å²) in [6.45, 7) is 0. The van der Waals surface area contributed by atoms with Gasteiger partial charge in [0.25, 0.3) is 0 Å². The molecule has 0 aliphatic heterocycles. The molecule has 94 valence electrons. The van der Waals surface area contributed by atoms with Crippen molar-refractivity contribution >= 4 is 32.5 Å². The summed E-state index contributed by atoms with van der Waals surface area (Å²) in [5, 5.41) is 0. The van der Waals surface area contributed by atoms with Crippen LogP contribution in [0.1, 0.15) is 11.4 Å². The van der Waals surface area contributed by atoms with Crippen molar-refractivity contribution in [3.63, 3.8) is 0 Å². The van der Waals surface area contributed by atoms with E-state index in [1.165, 1.54) is 0 Å². The summed E-state index contributed by atoms with van der Waals surface area (Å²) >= 11 is 0. The Kier molecular flexibility index (Phi) is 3.83. The van der Waals surface area contributed by atoms with Gasteiger partial charge in [-0.3, -0.25) is 0 Å². The van der Waals surface area contributed by atoms with E-state index >= 15 is 0 Å². The first-order valence-corrected chi connectivity index (χ1v) is 8.05. The van der Waals surface area contributed by atoms with Crippen LogP contribution in [-0.4, -0.2) is 46.8 Å². The van der Waals surface area contributed by atoms with Crippen molar-refractivity contribution in [2.24, 2.45) is 8.80 Å². The number of H-pyrrole nitrogens is 1. The monoisotopic (exact) mass is 277 g/mol. The summed E-state index contributed by atoms with van der Waals surface area (Å²) in [7, 11) is -6.86. The Morgan fingerprint density at radius 3 is 1.59 bits per heavy atom. The maximum absolute atomic E-state index is 10.8. The van der Waals surface area contributed by atoms with Gasteiger partial charge in [0.1, 0.15) is 0 Å². The van der Waals surface area contributed by atoms with E-state index < -0.39 is 20.0 Å². The molecule has 1 rings (SSSR count). The fourth-order valence-corrected chi connectivity index (χ4v) is 1.50. The zero-order valence-corrected chi connectivity index (χ0v) is 10.8. The predicted molar refractivity (Wildman–Crippen MR) is 65.7 cm³/mol. The zero-order valence-electron chi connectivity index (χ0n) is 9.15. The van der Waals surface area contributed by atoms with Crippen LogP contribution in [0.3, 0.4) is 0 Å². The van der Waals surface area contributed by atoms with Crippen LogP contribution >= 0.6 is 0 Å². The smallest absolute Gasteiger partial charge is 0.250 e. The number of nitrogens with one attached hydrogen (secondary N) is 1. The Balaban J connectivity index is 2.87. The third-order valence-corrected chi connectivity index (χ3v) is 2.47. The van der Waals surface area contributed by atoms with Gasteiger partial charge in [-0.15, -0.1) is 0 Å². The SMILES string of the molecule is CS(=O)(=O)/N=C/c1ccc(/C=N/S(C)(=O)=O)[nH]1. The Morgan fingerprint density at radius 1 is 0.941 bits per heavy atom. The second-order valence-corrected chi connectivity index (χ2v) is 6.66. The normalized spacial score (nSPS) is 13.8. The first-order valence-electron chi connectivity index (χ1n) is 4.35. The van der Waals surface area contributed by atoms with Gasteiger partial charge in [-0.2, -0.15) is 8.80 Å². The lowest BCUT2D eigenvalue weighted by atomic mass is 10.4. The number of aromatic amines is 1. The Hall–Kier alpha value is -1.48. The fraction of sp³-hybridized carbons (Fsp3) is 0.250. The molecule has 0 atom stereocenters. The summed E-state index contributed by atoms with van der Waals surface area (Å²) in [4.78, 5) is 2.73. The molecular weight excluding hydrogens is 266 g/mol. The van der Waals surface area contributed by atoms with Crippen LogP contribution in [0, 0.1) is 0 Å². The Bertz CT molecular complexity index is 596. The second kappa shape index (κ2) is 4.80. The largest absolute Gasteiger partial charge is 0.353 e. The van der Waals surface area contributed by atoms with E-state index in [1.807, 2.05) is 0 Å². The van der Waals surface area contributed by atoms with Crippen molar-refractivity contribution in [2.75, 3.05) is 12.5 Å². The molecule has 0 fully saturated rings. The lowest BCUT2D eigenvalue weighted by Gasteiger charge is -1.87. The van der Waals surface area contributed by atoms with E-state index in [9.17, 15) is 16.8 Å². The lowest BCUT2D eigenvalue weighted by Crippen LogP contribution is -1.93. The van der Waals surface area contributed by atoms with E-state index in [2.05, 4.69) is 13.8 Å². The number of aromatic nitrogens is 1. The van der Waals surface area contributed by atoms with Gasteiger partial charge in [0.05, 0.1) is 36.3 Å². The average molecular weight is 277 g/mol. The highest BCUT2D eigenvalue weighted by atomic mass is 32.2. The van der Waals surface area contributed by atoms with E-state index in [0.29, 0.717) is 11.4 Å². The summed E-state index contributed by atoms with van der Waals surface area (Å²) in [6, 6.07) is 3.11. The van der Waals surface area contributed by atoms with Crippen LogP contribution in [0.15, 0.2) is 20.9 Å². The average Bonchev–Trinajstić information content (AvgIpc) is 2.57. The molecule has 9 heteroatoms. The van der Waals surface area contributed by atoms with Gasteiger partial charge in [0.15, 0.2) is 0 Å². The molecule has 0 radical (unpaired) electrons. The number of hydrogen-bond donors (Lipinski definition) is 1. The molecular formula is C8H11N3O4S2. The van der Waals surface area contributed by atoms with Crippen molar-refractivity contribution in [1.29, 1.82) is 0 Å². The molecule has 0 aromatic carbocycles. The lowest BCUT2D eigenvalue weighted by molar-refractivity contribution is 0.602. The molecule has 0 unspecified atom stereocenters. The Morgan fingerprint density at radius 2 is 1.29 bits per heavy atom. The summed E-state index contributed by atoms with van der Waals surface area (Å²) in [5.74, 6) is 0. The molecule has 1 aromatic heterocycles. The predicted octanol–water partition coefficient (Wildman–Crippen LogP) is -0.228. The van der Waals surface area contributed by atoms with Gasteiger partial charge >= 0.3 is 0 Å². The van der Waals surface area contributed by atoms with Gasteiger partial charge in [0.2, 0.25) is 20.0 Å². The van der Waals surface area contributed by atoms with Crippen molar-refractivity contribution in [3.8, 4) is 0 Å². The number of hydrogen-bond acceptors (Lipinski definition) is 4. The van der Waals surface area contributed by atoms with Crippen LogP contribution in [-0.2, 0) is 20.0 Å². The minimum Gasteiger partial charge on any atom is -0.353 e. The van der Waals surface area contributed by atoms with Crippen LogP contribution in [0.25, 0.3) is 0 Å². The minimum atomic E-state index is -3.43. The molecule has 17 heavy (non-hydrogen) atoms. The molecule has 0 aliphatic rings. The van der Waals surface area contributed by atoms with Gasteiger partial charge < -0.3 is 4.98 Å². The molecule has 0 saturated heterocycles. The molecule has 0 spiro atoms. The number of sulfonamides is 2. The van der Waals surface area contributed by atoms with E-state index in [0.717, 1.165) is 24.9 Å². The minimum absolute atomic E-state index is 0.436. The molecule has 1 N–H and O–H groups in total. The third kappa shape index (κ3) is 5.97. The van der Waals surface area contributed by atoms with E-state index in [1.54, 1.807) is 12.1 Å².